The lowest BCUT2D eigenvalue weighted by Gasteiger charge is -2.44. The lowest BCUT2D eigenvalue weighted by Crippen LogP contribution is -2.37. The number of aromatic hydroxyl groups is 4. The molecule has 0 aliphatic carbocycles. The quantitative estimate of drug-likeness (QED) is 0.185. The molecule has 41 heavy (non-hydrogen) atoms. The van der Waals surface area contributed by atoms with Crippen LogP contribution in [0.5, 0.6) is 23.0 Å². The van der Waals surface area contributed by atoms with Gasteiger partial charge in [-0.1, -0.05) is 61.9 Å². The Hall–Kier alpha value is -3.92. The van der Waals surface area contributed by atoms with E-state index in [1.165, 1.54) is 0 Å². The molecule has 0 amide bonds. The third-order valence-corrected chi connectivity index (χ3v) is 8.84. The molecule has 0 atom stereocenters. The van der Waals surface area contributed by atoms with Crippen LogP contribution in [0.1, 0.15) is 92.4 Å². The summed E-state index contributed by atoms with van der Waals surface area (Å²) in [7, 11) is 0. The Morgan fingerprint density at radius 2 is 0.707 bits per heavy atom. The first-order valence-corrected chi connectivity index (χ1v) is 14.4. The number of phenolic OH excluding ortho intramolecular Hbond substituents is 4. The van der Waals surface area contributed by atoms with E-state index >= 15 is 0 Å². The predicted molar refractivity (Wildman–Crippen MR) is 168 cm³/mol. The van der Waals surface area contributed by atoms with Crippen molar-refractivity contribution in [1.82, 2.24) is 0 Å². The molecule has 0 saturated carbocycles. The molecular formula is C37H44O4. The van der Waals surface area contributed by atoms with Gasteiger partial charge in [-0.05, 0) is 129 Å². The van der Waals surface area contributed by atoms with E-state index in [0.29, 0.717) is 23.0 Å². The van der Waals surface area contributed by atoms with Gasteiger partial charge in [0.05, 0.1) is 0 Å². The van der Waals surface area contributed by atoms with Gasteiger partial charge in [0.2, 0.25) is 0 Å². The number of hydrogen-bond donors (Lipinski definition) is 4. The van der Waals surface area contributed by atoms with Crippen molar-refractivity contribution in [2.75, 3.05) is 0 Å². The maximum Gasteiger partial charge on any atom is 0.121 e. The number of aryl methyl sites for hydroxylation is 8. The first kappa shape index (κ1) is 30.0. The van der Waals surface area contributed by atoms with Gasteiger partial charge >= 0.3 is 0 Å². The molecule has 0 unspecified atom stereocenters. The van der Waals surface area contributed by atoms with Gasteiger partial charge in [0.1, 0.15) is 23.0 Å². The van der Waals surface area contributed by atoms with E-state index in [9.17, 15) is 20.4 Å². The minimum atomic E-state index is -0.618. The summed E-state index contributed by atoms with van der Waals surface area (Å²) in [6, 6.07) is 16.7. The fraction of sp³-hybridized carbons (Fsp3) is 0.351. The Balaban J connectivity index is 2.28. The van der Waals surface area contributed by atoms with Crippen LogP contribution in [-0.4, -0.2) is 20.4 Å². The van der Waals surface area contributed by atoms with Crippen LogP contribution in [0.2, 0.25) is 0 Å². The van der Waals surface area contributed by atoms with Crippen LogP contribution in [0.4, 0.5) is 0 Å². The first-order valence-electron chi connectivity index (χ1n) is 14.4. The topological polar surface area (TPSA) is 80.9 Å². The molecular weight excluding hydrogens is 508 g/mol. The van der Waals surface area contributed by atoms with Crippen molar-refractivity contribution in [2.24, 2.45) is 0 Å². The molecule has 0 aliphatic heterocycles. The zero-order chi connectivity index (χ0) is 30.4. The van der Waals surface area contributed by atoms with E-state index in [-0.39, 0.29) is 5.92 Å². The summed E-state index contributed by atoms with van der Waals surface area (Å²) in [4.78, 5) is 0. The van der Waals surface area contributed by atoms with Gasteiger partial charge in [-0.15, -0.1) is 0 Å². The van der Waals surface area contributed by atoms with Gasteiger partial charge < -0.3 is 20.4 Å². The zero-order valence-corrected chi connectivity index (χ0v) is 25.9. The first-order chi connectivity index (χ1) is 19.2. The molecule has 216 valence electrons. The molecule has 0 fully saturated rings. The molecule has 0 heterocycles. The van der Waals surface area contributed by atoms with E-state index in [4.69, 9.17) is 0 Å². The fourth-order valence-electron chi connectivity index (χ4n) is 6.83. The minimum absolute atomic E-state index is 0.217. The lowest BCUT2D eigenvalue weighted by atomic mass is 9.58. The average molecular weight is 553 g/mol. The molecule has 0 aromatic heterocycles. The molecule has 0 radical (unpaired) electrons. The van der Waals surface area contributed by atoms with Crippen molar-refractivity contribution < 1.29 is 20.4 Å². The molecule has 4 nitrogen and oxygen atoms in total. The molecule has 4 aromatic carbocycles. The third-order valence-electron chi connectivity index (χ3n) is 8.84. The Morgan fingerprint density at radius 1 is 0.463 bits per heavy atom. The zero-order valence-electron chi connectivity index (χ0n) is 25.9. The number of benzene rings is 4. The van der Waals surface area contributed by atoms with E-state index in [1.807, 2.05) is 55.4 Å². The Morgan fingerprint density at radius 3 is 0.951 bits per heavy atom. The molecule has 4 rings (SSSR count). The predicted octanol–water partition coefficient (Wildman–Crippen LogP) is 8.89. The molecule has 4 N–H and O–H groups in total. The molecule has 4 heteroatoms. The Bertz CT molecular complexity index is 1420. The number of hydrogen-bond acceptors (Lipinski definition) is 4. The maximum absolute atomic E-state index is 10.8. The van der Waals surface area contributed by atoms with Crippen molar-refractivity contribution in [2.45, 2.75) is 86.5 Å². The van der Waals surface area contributed by atoms with Crippen LogP contribution in [-0.2, 0) is 5.41 Å². The van der Waals surface area contributed by atoms with E-state index in [2.05, 4.69) is 55.5 Å². The van der Waals surface area contributed by atoms with Crippen molar-refractivity contribution in [3.63, 3.8) is 0 Å². The second-order valence-corrected chi connectivity index (χ2v) is 12.1. The Kier molecular flexibility index (Phi) is 8.18. The van der Waals surface area contributed by atoms with Crippen molar-refractivity contribution >= 4 is 0 Å². The second kappa shape index (κ2) is 11.2. The average Bonchev–Trinajstić information content (AvgIpc) is 2.90. The smallest absolute Gasteiger partial charge is 0.121 e. The van der Waals surface area contributed by atoms with Crippen LogP contribution in [0, 0.1) is 55.4 Å². The largest absolute Gasteiger partial charge is 0.507 e. The molecule has 0 aliphatic rings. The highest BCUT2D eigenvalue weighted by Crippen LogP contribution is 2.54. The van der Waals surface area contributed by atoms with Gasteiger partial charge in [0.15, 0.2) is 0 Å². The summed E-state index contributed by atoms with van der Waals surface area (Å²) < 4.78 is 0. The lowest BCUT2D eigenvalue weighted by molar-refractivity contribution is 0.406. The van der Waals surface area contributed by atoms with Crippen LogP contribution < -0.4 is 0 Å². The van der Waals surface area contributed by atoms with Gasteiger partial charge in [-0.25, -0.2) is 0 Å². The van der Waals surface area contributed by atoms with Gasteiger partial charge in [0.25, 0.3) is 0 Å². The summed E-state index contributed by atoms with van der Waals surface area (Å²) in [5.41, 5.74) is 10.1. The summed E-state index contributed by atoms with van der Waals surface area (Å²) in [5.74, 6) is 0.951. The normalized spacial score (nSPS) is 11.9. The second-order valence-electron chi connectivity index (χ2n) is 12.1. The van der Waals surface area contributed by atoms with Gasteiger partial charge in [-0.3, -0.25) is 0 Å². The van der Waals surface area contributed by atoms with E-state index in [1.54, 1.807) is 0 Å². The highest BCUT2D eigenvalue weighted by atomic mass is 16.3. The number of rotatable bonds is 7. The van der Waals surface area contributed by atoms with Crippen molar-refractivity contribution in [1.29, 1.82) is 0 Å². The molecule has 0 bridgehead atoms. The highest BCUT2D eigenvalue weighted by Gasteiger charge is 2.44. The maximum atomic E-state index is 10.8. The summed E-state index contributed by atoms with van der Waals surface area (Å²) in [5, 5.41) is 43.2. The standard InChI is InChI=1S/C37H44O4/c1-10-11-37(30-16-24(6)35(40)25(7)17-30,31-18-26(8)36(41)27(9)19-31)32(28-12-20(2)33(38)21(3)13-28)29-14-22(4)34(39)23(5)15-29/h12-19,32,38-41H,10-11H2,1-9H3. The molecule has 0 spiro atoms. The fourth-order valence-corrected chi connectivity index (χ4v) is 6.83. The summed E-state index contributed by atoms with van der Waals surface area (Å²) in [6.07, 6.45) is 1.66. The van der Waals surface area contributed by atoms with Crippen LogP contribution in [0.3, 0.4) is 0 Å². The van der Waals surface area contributed by atoms with Crippen LogP contribution in [0.15, 0.2) is 48.5 Å². The number of phenols is 4. The SMILES string of the molecule is CCCC(c1cc(C)c(O)c(C)c1)(c1cc(C)c(O)c(C)c1)C(c1cc(C)c(O)c(C)c1)c1cc(C)c(O)c(C)c1. The molecule has 4 aromatic rings. The summed E-state index contributed by atoms with van der Waals surface area (Å²) in [6.45, 7) is 17.7. The monoisotopic (exact) mass is 552 g/mol. The van der Waals surface area contributed by atoms with E-state index < -0.39 is 5.41 Å². The summed E-state index contributed by atoms with van der Waals surface area (Å²) >= 11 is 0. The molecule has 0 saturated heterocycles. The Labute approximate surface area is 245 Å². The van der Waals surface area contributed by atoms with Crippen molar-refractivity contribution in [3.05, 3.63) is 115 Å². The van der Waals surface area contributed by atoms with Gasteiger partial charge in [0, 0.05) is 11.3 Å². The highest BCUT2D eigenvalue weighted by molar-refractivity contribution is 5.59. The minimum Gasteiger partial charge on any atom is -0.507 e. The third kappa shape index (κ3) is 5.16. The van der Waals surface area contributed by atoms with Gasteiger partial charge in [-0.2, -0.15) is 0 Å². The van der Waals surface area contributed by atoms with Crippen LogP contribution in [0.25, 0.3) is 0 Å². The van der Waals surface area contributed by atoms with Crippen molar-refractivity contribution in [3.8, 4) is 23.0 Å². The van der Waals surface area contributed by atoms with Crippen LogP contribution >= 0.6 is 0 Å². The van der Waals surface area contributed by atoms with E-state index in [0.717, 1.165) is 79.6 Å².